The molecule has 4 aromatic rings. The Hall–Kier alpha value is -4.44. The predicted molar refractivity (Wildman–Crippen MR) is 140 cm³/mol. The maximum Gasteiger partial charge on any atom is 0.255 e. The van der Waals surface area contributed by atoms with Crippen molar-refractivity contribution >= 4 is 11.6 Å². The molecule has 2 aliphatic rings. The number of para-hydroxylation sites is 1. The van der Waals surface area contributed by atoms with E-state index in [0.717, 1.165) is 40.9 Å². The highest BCUT2D eigenvalue weighted by atomic mass is 16.7. The number of tetrazole rings is 1. The number of carbonyl (C=O) groups excluding carboxylic acids is 1. The number of methoxy groups -OCH3 is 1. The molecule has 10 heteroatoms. The van der Waals surface area contributed by atoms with E-state index in [0.29, 0.717) is 34.3 Å². The topological polar surface area (TPSA) is 104 Å². The van der Waals surface area contributed by atoms with Gasteiger partial charge in [0.15, 0.2) is 17.3 Å². The van der Waals surface area contributed by atoms with Gasteiger partial charge in [0.1, 0.15) is 6.04 Å². The zero-order valence-electron chi connectivity index (χ0n) is 21.7. The summed E-state index contributed by atoms with van der Waals surface area (Å²) in [6.45, 7) is 4.91. The lowest BCUT2D eigenvalue weighted by Crippen LogP contribution is -2.35. The zero-order chi connectivity index (χ0) is 26.4. The number of carbonyl (C=O) groups is 1. The van der Waals surface area contributed by atoms with Crippen molar-refractivity contribution in [2.45, 2.75) is 26.3 Å². The minimum Gasteiger partial charge on any atom is -0.492 e. The van der Waals surface area contributed by atoms with E-state index in [1.807, 2.05) is 57.3 Å². The van der Waals surface area contributed by atoms with Crippen LogP contribution in [0.3, 0.4) is 0 Å². The standard InChI is InChI=1S/C28H28N6O4/c1-16-7-5-8-17(2)23(16)29-28(35)19-9-6-10-20(13-19)34-27(30-31-32-34)24-22-18(11-12-33(24)3)14-21-25(26(22)36-4)38-15-37-21/h5-10,13-14,24H,11-12,15H2,1-4H3,(H,29,35). The molecule has 1 amide bonds. The summed E-state index contributed by atoms with van der Waals surface area (Å²) in [6, 6.07) is 14.9. The molecule has 3 aromatic carbocycles. The van der Waals surface area contributed by atoms with Crippen LogP contribution in [0.4, 0.5) is 5.69 Å². The van der Waals surface area contributed by atoms with Crippen LogP contribution >= 0.6 is 0 Å². The lowest BCUT2D eigenvalue weighted by Gasteiger charge is -2.34. The van der Waals surface area contributed by atoms with Crippen LogP contribution in [-0.2, 0) is 6.42 Å². The van der Waals surface area contributed by atoms with E-state index in [4.69, 9.17) is 14.2 Å². The number of rotatable bonds is 5. The van der Waals surface area contributed by atoms with Gasteiger partial charge in [0, 0.05) is 23.4 Å². The fraction of sp³-hybridized carbons (Fsp3) is 0.286. The van der Waals surface area contributed by atoms with E-state index in [1.165, 1.54) is 0 Å². The van der Waals surface area contributed by atoms with Crippen LogP contribution in [0, 0.1) is 13.8 Å². The van der Waals surface area contributed by atoms with Gasteiger partial charge in [0.05, 0.1) is 12.8 Å². The van der Waals surface area contributed by atoms with Crippen molar-refractivity contribution in [3.8, 4) is 22.9 Å². The molecule has 1 aromatic heterocycles. The zero-order valence-corrected chi connectivity index (χ0v) is 21.7. The number of ether oxygens (including phenoxy) is 3. The number of aromatic nitrogens is 4. The third-order valence-electron chi connectivity index (χ3n) is 7.21. The molecular formula is C28H28N6O4. The number of hydrogen-bond donors (Lipinski definition) is 1. The van der Waals surface area contributed by atoms with Gasteiger partial charge in [0.25, 0.3) is 5.91 Å². The third kappa shape index (κ3) is 3.93. The minimum atomic E-state index is -0.301. The second-order valence-electron chi connectivity index (χ2n) is 9.57. The molecule has 6 rings (SSSR count). The minimum absolute atomic E-state index is 0.156. The molecule has 1 unspecified atom stereocenters. The van der Waals surface area contributed by atoms with Crippen molar-refractivity contribution in [2.24, 2.45) is 0 Å². The molecule has 10 nitrogen and oxygen atoms in total. The Kier molecular flexibility index (Phi) is 5.96. The van der Waals surface area contributed by atoms with Crippen LogP contribution in [0.5, 0.6) is 17.2 Å². The first kappa shape index (κ1) is 23.9. The molecule has 194 valence electrons. The highest BCUT2D eigenvalue weighted by Gasteiger charge is 2.37. The molecule has 0 bridgehead atoms. The normalized spacial score (nSPS) is 16.3. The SMILES string of the molecule is COc1c2c(cc3c1C(c1nnnn1-c1cccc(C(=O)Nc4c(C)cccc4C)c1)N(C)CC3)OCO2. The Morgan fingerprint density at radius 3 is 2.68 bits per heavy atom. The van der Waals surface area contributed by atoms with E-state index < -0.39 is 0 Å². The van der Waals surface area contributed by atoms with E-state index in [-0.39, 0.29) is 18.7 Å². The Morgan fingerprint density at radius 1 is 1.11 bits per heavy atom. The van der Waals surface area contributed by atoms with E-state index in [9.17, 15) is 4.79 Å². The largest absolute Gasteiger partial charge is 0.492 e. The molecule has 1 N–H and O–H groups in total. The third-order valence-corrected chi connectivity index (χ3v) is 7.21. The summed E-state index contributed by atoms with van der Waals surface area (Å²) in [5, 5.41) is 15.8. The Bertz CT molecular complexity index is 1530. The number of amides is 1. The molecule has 0 saturated heterocycles. The van der Waals surface area contributed by atoms with E-state index in [1.54, 1.807) is 23.9 Å². The summed E-state index contributed by atoms with van der Waals surface area (Å²) in [6.07, 6.45) is 0.824. The van der Waals surface area contributed by atoms with Crippen molar-refractivity contribution in [1.29, 1.82) is 0 Å². The molecule has 2 aliphatic heterocycles. The summed E-state index contributed by atoms with van der Waals surface area (Å²) < 4.78 is 18.9. The predicted octanol–water partition coefficient (Wildman–Crippen LogP) is 3.85. The number of benzene rings is 3. The van der Waals surface area contributed by atoms with Crippen LogP contribution in [0.25, 0.3) is 5.69 Å². The quantitative estimate of drug-likeness (QED) is 0.430. The fourth-order valence-electron chi connectivity index (χ4n) is 5.28. The molecule has 3 heterocycles. The molecule has 1 atom stereocenters. The number of nitrogens with one attached hydrogen (secondary N) is 1. The molecule has 0 radical (unpaired) electrons. The number of nitrogens with zero attached hydrogens (tertiary/aromatic N) is 5. The van der Waals surface area contributed by atoms with Gasteiger partial charge < -0.3 is 19.5 Å². The van der Waals surface area contributed by atoms with Gasteiger partial charge in [-0.25, -0.2) is 0 Å². The van der Waals surface area contributed by atoms with Crippen LogP contribution < -0.4 is 19.5 Å². The van der Waals surface area contributed by atoms with E-state index in [2.05, 4.69) is 25.7 Å². The second-order valence-corrected chi connectivity index (χ2v) is 9.57. The van der Waals surface area contributed by atoms with Gasteiger partial charge in [-0.05, 0) is 78.7 Å². The van der Waals surface area contributed by atoms with Crippen LogP contribution in [0.1, 0.15) is 44.5 Å². The average molecular weight is 513 g/mol. The van der Waals surface area contributed by atoms with Crippen LogP contribution in [0.2, 0.25) is 0 Å². The lowest BCUT2D eigenvalue weighted by atomic mass is 9.90. The molecular weight excluding hydrogens is 484 g/mol. The number of anilines is 1. The van der Waals surface area contributed by atoms with Gasteiger partial charge in [-0.2, -0.15) is 4.68 Å². The molecule has 0 spiro atoms. The number of likely N-dealkylation sites (N-methyl/N-ethyl adjacent to an activating group) is 1. The number of hydrogen-bond acceptors (Lipinski definition) is 8. The Balaban J connectivity index is 1.39. The van der Waals surface area contributed by atoms with Gasteiger partial charge in [-0.15, -0.1) is 5.10 Å². The maximum absolute atomic E-state index is 13.2. The summed E-state index contributed by atoms with van der Waals surface area (Å²) in [7, 11) is 3.66. The van der Waals surface area contributed by atoms with Gasteiger partial charge >= 0.3 is 0 Å². The Morgan fingerprint density at radius 2 is 1.89 bits per heavy atom. The molecule has 0 aliphatic carbocycles. The maximum atomic E-state index is 13.2. The first-order valence-electron chi connectivity index (χ1n) is 12.4. The van der Waals surface area contributed by atoms with Gasteiger partial charge in [-0.1, -0.05) is 24.3 Å². The lowest BCUT2D eigenvalue weighted by molar-refractivity contribution is 0.102. The first-order chi connectivity index (χ1) is 18.5. The second kappa shape index (κ2) is 9.46. The monoisotopic (exact) mass is 512 g/mol. The smallest absolute Gasteiger partial charge is 0.255 e. The number of fused-ring (bicyclic) bond motifs is 2. The first-order valence-corrected chi connectivity index (χ1v) is 12.4. The van der Waals surface area contributed by atoms with Crippen molar-refractivity contribution in [3.63, 3.8) is 0 Å². The summed E-state index contributed by atoms with van der Waals surface area (Å²) in [5.74, 6) is 2.32. The van der Waals surface area contributed by atoms with Crippen molar-refractivity contribution < 1.29 is 19.0 Å². The molecule has 0 saturated carbocycles. The van der Waals surface area contributed by atoms with Crippen molar-refractivity contribution in [2.75, 3.05) is 32.8 Å². The summed E-state index contributed by atoms with van der Waals surface area (Å²) in [4.78, 5) is 15.4. The van der Waals surface area contributed by atoms with Crippen molar-refractivity contribution in [1.82, 2.24) is 25.1 Å². The fourth-order valence-corrected chi connectivity index (χ4v) is 5.28. The van der Waals surface area contributed by atoms with Crippen molar-refractivity contribution in [3.05, 3.63) is 82.2 Å². The average Bonchev–Trinajstić information content (AvgIpc) is 3.59. The highest BCUT2D eigenvalue weighted by Crippen LogP contribution is 2.50. The molecule has 38 heavy (non-hydrogen) atoms. The van der Waals surface area contributed by atoms with Crippen LogP contribution in [-0.4, -0.2) is 58.5 Å². The van der Waals surface area contributed by atoms with E-state index >= 15 is 0 Å². The van der Waals surface area contributed by atoms with Gasteiger partial charge in [0.2, 0.25) is 12.5 Å². The number of aryl methyl sites for hydroxylation is 2. The van der Waals surface area contributed by atoms with Gasteiger partial charge in [-0.3, -0.25) is 9.69 Å². The molecule has 0 fully saturated rings. The highest BCUT2D eigenvalue weighted by molar-refractivity contribution is 6.05. The Labute approximate surface area is 220 Å². The van der Waals surface area contributed by atoms with Crippen LogP contribution in [0.15, 0.2) is 48.5 Å². The summed E-state index contributed by atoms with van der Waals surface area (Å²) in [5.41, 5.74) is 6.06. The summed E-state index contributed by atoms with van der Waals surface area (Å²) >= 11 is 0.